The van der Waals surface area contributed by atoms with Crippen molar-refractivity contribution in [1.82, 2.24) is 4.90 Å². The van der Waals surface area contributed by atoms with Crippen molar-refractivity contribution in [3.8, 4) is 11.8 Å². The lowest BCUT2D eigenvalue weighted by atomic mass is 9.32. The van der Waals surface area contributed by atoms with Gasteiger partial charge in [0.2, 0.25) is 0 Å². The van der Waals surface area contributed by atoms with Crippen molar-refractivity contribution < 1.29 is 14.6 Å². The fourth-order valence-electron chi connectivity index (χ4n) is 13.0. The molecule has 4 nitrogen and oxygen atoms in total. The van der Waals surface area contributed by atoms with E-state index in [1.54, 1.807) is 6.92 Å². The average Bonchev–Trinajstić information content (AvgIpc) is 3.41. The van der Waals surface area contributed by atoms with Crippen molar-refractivity contribution in [1.29, 1.82) is 0 Å². The summed E-state index contributed by atoms with van der Waals surface area (Å²) in [6, 6.07) is 0. The van der Waals surface area contributed by atoms with E-state index in [9.17, 15) is 9.90 Å². The molecule has 0 radical (unpaired) electrons. The molecular weight excluding hydrogens is 693 g/mol. The van der Waals surface area contributed by atoms with E-state index in [0.29, 0.717) is 36.1 Å². The molecule has 5 rings (SSSR count). The molecule has 0 unspecified atom stereocenters. The molecule has 47 heavy (non-hydrogen) atoms. The molecule has 5 saturated carbocycles. The smallest absolute Gasteiger partial charge is 0.302 e. The SMILES string of the molecule is C=CCN(CC#C[C@@H](O)[C@]12CC[C@@H](C(=C)C)[C@@H]1[C@H]1CC[C@@H]3[C@@]4(C)CC[C@H](OC(C)=O)C(C)(C)[C@@H]4CC[C@@]3(C)[C@]1(C)CC2)CC=C.CI. The lowest BCUT2D eigenvalue weighted by molar-refractivity contribution is -0.253. The van der Waals surface area contributed by atoms with Gasteiger partial charge >= 0.3 is 5.97 Å². The van der Waals surface area contributed by atoms with Gasteiger partial charge in [0, 0.05) is 30.8 Å². The van der Waals surface area contributed by atoms with E-state index in [1.807, 2.05) is 17.1 Å². The number of nitrogens with zero attached hydrogens (tertiary/aromatic N) is 1. The number of halogens is 1. The van der Waals surface area contributed by atoms with Crippen LogP contribution in [0.3, 0.4) is 0 Å². The third kappa shape index (κ3) is 6.37. The predicted molar refractivity (Wildman–Crippen MR) is 205 cm³/mol. The highest BCUT2D eigenvalue weighted by molar-refractivity contribution is 14.1. The Morgan fingerprint density at radius 2 is 1.57 bits per heavy atom. The molecule has 0 aliphatic heterocycles. The second-order valence-electron chi connectivity index (χ2n) is 17.4. The Bertz CT molecular complexity index is 1240. The summed E-state index contributed by atoms with van der Waals surface area (Å²) >= 11 is 2.15. The number of hydrogen-bond acceptors (Lipinski definition) is 4. The molecule has 1 N–H and O–H groups in total. The van der Waals surface area contributed by atoms with E-state index in [0.717, 1.165) is 45.2 Å². The number of alkyl halides is 1. The number of esters is 1. The van der Waals surface area contributed by atoms with E-state index in [1.165, 1.54) is 37.7 Å². The Morgan fingerprint density at radius 1 is 0.915 bits per heavy atom. The Hall–Kier alpha value is -1.10. The van der Waals surface area contributed by atoms with E-state index in [2.05, 4.69) is 101 Å². The van der Waals surface area contributed by atoms with Gasteiger partial charge in [-0.15, -0.1) is 13.2 Å². The first kappa shape index (κ1) is 38.7. The average molecular weight is 760 g/mol. The minimum atomic E-state index is -0.609. The second kappa shape index (κ2) is 14.6. The van der Waals surface area contributed by atoms with Crippen molar-refractivity contribution >= 4 is 28.6 Å². The van der Waals surface area contributed by atoms with Gasteiger partial charge in [-0.2, -0.15) is 0 Å². The maximum absolute atomic E-state index is 12.0. The van der Waals surface area contributed by atoms with E-state index in [-0.39, 0.29) is 39.1 Å². The molecule has 0 amide bonds. The Kier molecular flexibility index (Phi) is 12.0. The van der Waals surface area contributed by atoms with Crippen LogP contribution in [0.4, 0.5) is 0 Å². The van der Waals surface area contributed by atoms with Crippen LogP contribution < -0.4 is 0 Å². The summed E-state index contributed by atoms with van der Waals surface area (Å²) in [4.78, 5) is 16.2. The summed E-state index contributed by atoms with van der Waals surface area (Å²) < 4.78 is 5.95. The maximum Gasteiger partial charge on any atom is 0.302 e. The van der Waals surface area contributed by atoms with E-state index >= 15 is 0 Å². The lowest BCUT2D eigenvalue weighted by Gasteiger charge is -2.73. The highest BCUT2D eigenvalue weighted by Crippen LogP contribution is 2.78. The molecule has 0 bridgehead atoms. The number of hydrogen-bond donors (Lipinski definition) is 1. The Labute approximate surface area is 302 Å². The molecule has 5 aliphatic carbocycles. The molecule has 11 atom stereocenters. The van der Waals surface area contributed by atoms with Gasteiger partial charge in [0.1, 0.15) is 12.2 Å². The van der Waals surface area contributed by atoms with Gasteiger partial charge in [0.05, 0.1) is 6.54 Å². The first-order valence-corrected chi connectivity index (χ1v) is 20.6. The normalized spacial score (nSPS) is 42.0. The number of carbonyl (C=O) groups excluding carboxylic acids is 1. The van der Waals surface area contributed by atoms with Crippen LogP contribution in [0.5, 0.6) is 0 Å². The van der Waals surface area contributed by atoms with Crippen molar-refractivity contribution in [2.45, 2.75) is 125 Å². The summed E-state index contributed by atoms with van der Waals surface area (Å²) in [5, 5.41) is 12.0. The molecule has 5 fully saturated rings. The third-order valence-corrected chi connectivity index (χ3v) is 15.2. The van der Waals surface area contributed by atoms with Crippen molar-refractivity contribution in [3.05, 3.63) is 37.5 Å². The van der Waals surface area contributed by atoms with Crippen LogP contribution in [0.25, 0.3) is 0 Å². The number of ether oxygens (including phenoxy) is 1. The fraction of sp³-hybridized carbons (Fsp3) is 0.786. The number of allylic oxidation sites excluding steroid dienone is 1. The summed E-state index contributed by atoms with van der Waals surface area (Å²) in [6.45, 7) is 31.0. The fourth-order valence-corrected chi connectivity index (χ4v) is 13.0. The van der Waals surface area contributed by atoms with Crippen molar-refractivity contribution in [3.63, 3.8) is 0 Å². The summed E-state index contributed by atoms with van der Waals surface area (Å²) in [5.41, 5.74) is 1.81. The largest absolute Gasteiger partial charge is 0.462 e. The molecule has 0 aromatic rings. The van der Waals surface area contributed by atoms with Gasteiger partial charge in [-0.1, -0.05) is 93.4 Å². The van der Waals surface area contributed by atoms with Gasteiger partial charge in [0.25, 0.3) is 0 Å². The highest BCUT2D eigenvalue weighted by atomic mass is 127. The molecule has 0 aromatic heterocycles. The third-order valence-electron chi connectivity index (χ3n) is 15.2. The molecular formula is C42H66INO3. The van der Waals surface area contributed by atoms with Crippen LogP contribution in [0, 0.1) is 68.5 Å². The van der Waals surface area contributed by atoms with Crippen LogP contribution in [0.15, 0.2) is 37.5 Å². The van der Waals surface area contributed by atoms with Crippen molar-refractivity contribution in [2.75, 3.05) is 24.6 Å². The highest BCUT2D eigenvalue weighted by Gasteiger charge is 2.71. The van der Waals surface area contributed by atoms with Gasteiger partial charge in [-0.05, 0) is 122 Å². The molecule has 264 valence electrons. The number of fused-ring (bicyclic) bond motifs is 7. The molecule has 0 aromatic carbocycles. The molecule has 5 heteroatoms. The van der Waals surface area contributed by atoms with E-state index in [4.69, 9.17) is 4.74 Å². The minimum Gasteiger partial charge on any atom is -0.462 e. The zero-order chi connectivity index (χ0) is 35.0. The summed E-state index contributed by atoms with van der Waals surface area (Å²) in [7, 11) is 0. The first-order chi connectivity index (χ1) is 22.1. The number of aliphatic hydroxyl groups is 1. The number of aliphatic hydroxyl groups excluding tert-OH is 1. The second-order valence-corrected chi connectivity index (χ2v) is 17.4. The molecule has 5 aliphatic rings. The number of rotatable bonds is 8. The first-order valence-electron chi connectivity index (χ1n) is 18.4. The van der Waals surface area contributed by atoms with Crippen LogP contribution in [0.1, 0.15) is 113 Å². The standard InChI is InChI=1S/C41H63NO3.CH3I/c1-11-25-42(26-12-2)27-13-14-34(44)41-22-17-30(28(3)4)36(41)31-15-16-33-38(8)20-19-35(45-29(5)43)37(6,7)32(38)18-21-40(33,10)39(31,9)23-24-41;1-2/h11-12,30-36,44H,1-3,15-27H2,4-10H3;1H3/t30-,31+,32-,33+,34+,35-,36+,38-,39+,40+,41+;/m0./s1. The summed E-state index contributed by atoms with van der Waals surface area (Å²) in [5.74, 6) is 9.28. The minimum absolute atomic E-state index is 0.0117. The van der Waals surface area contributed by atoms with Gasteiger partial charge in [0.15, 0.2) is 0 Å². The lowest BCUT2D eigenvalue weighted by Crippen LogP contribution is -2.67. The van der Waals surface area contributed by atoms with Gasteiger partial charge in [-0.25, -0.2) is 0 Å². The molecule has 0 spiro atoms. The van der Waals surface area contributed by atoms with Crippen LogP contribution in [-0.2, 0) is 9.53 Å². The van der Waals surface area contributed by atoms with Crippen LogP contribution in [-0.4, -0.2) is 52.7 Å². The van der Waals surface area contributed by atoms with Crippen LogP contribution >= 0.6 is 22.6 Å². The zero-order valence-corrected chi connectivity index (χ0v) is 33.3. The Balaban J connectivity index is 0.00000245. The Morgan fingerprint density at radius 3 is 2.17 bits per heavy atom. The van der Waals surface area contributed by atoms with E-state index < -0.39 is 6.10 Å². The zero-order valence-electron chi connectivity index (χ0n) is 31.1. The predicted octanol–water partition coefficient (Wildman–Crippen LogP) is 9.67. The van der Waals surface area contributed by atoms with Gasteiger partial charge < -0.3 is 9.84 Å². The van der Waals surface area contributed by atoms with Crippen molar-refractivity contribution in [2.24, 2.45) is 56.7 Å². The van der Waals surface area contributed by atoms with Gasteiger partial charge in [-0.3, -0.25) is 9.69 Å². The number of carbonyl (C=O) groups is 1. The molecule has 0 saturated heterocycles. The van der Waals surface area contributed by atoms with Crippen LogP contribution in [0.2, 0.25) is 0 Å². The summed E-state index contributed by atoms with van der Waals surface area (Å²) in [6.07, 6.45) is 14.7. The molecule has 0 heterocycles. The topological polar surface area (TPSA) is 49.8 Å². The quantitative estimate of drug-likeness (QED) is 0.0881. The maximum atomic E-state index is 12.0. The monoisotopic (exact) mass is 759 g/mol.